The van der Waals surface area contributed by atoms with Gasteiger partial charge in [-0.05, 0) is 29.8 Å². The quantitative estimate of drug-likeness (QED) is 0.122. The molecule has 16 heteroatoms. The summed E-state index contributed by atoms with van der Waals surface area (Å²) < 4.78 is 20.3. The van der Waals surface area contributed by atoms with E-state index < -0.39 is 52.4 Å². The lowest BCUT2D eigenvalue weighted by molar-refractivity contribution is -0.232. The predicted octanol–water partition coefficient (Wildman–Crippen LogP) is -2.94. The first-order chi connectivity index (χ1) is 19.1. The number of piperidine rings is 1. The third-order valence-corrected chi connectivity index (χ3v) is 7.64. The van der Waals surface area contributed by atoms with E-state index >= 15 is 0 Å². The van der Waals surface area contributed by atoms with Crippen LogP contribution in [0.25, 0.3) is 0 Å². The number of carbonyl (C=O) groups is 3. The van der Waals surface area contributed by atoms with Gasteiger partial charge in [0.15, 0.2) is 7.85 Å². The lowest BCUT2D eigenvalue weighted by Crippen LogP contribution is -2.86. The number of amides is 3. The molecule has 4 unspecified atom stereocenters. The summed E-state index contributed by atoms with van der Waals surface area (Å²) in [4.78, 5) is 40.5. The van der Waals surface area contributed by atoms with Gasteiger partial charge in [0.05, 0.1) is 19.8 Å². The smallest absolute Gasteiger partial charge is 0.282 e. The Balaban J connectivity index is 1.45. The first kappa shape index (κ1) is 29.2. The summed E-state index contributed by atoms with van der Waals surface area (Å²) in [6.07, 6.45) is 0. The van der Waals surface area contributed by atoms with Gasteiger partial charge in [-0.1, -0.05) is 12.1 Å². The van der Waals surface area contributed by atoms with E-state index in [1.54, 1.807) is 11.4 Å². The maximum Gasteiger partial charge on any atom is 0.282 e. The van der Waals surface area contributed by atoms with Crippen LogP contribution < -0.4 is 10.6 Å². The highest BCUT2D eigenvalue weighted by molar-refractivity contribution is 6.39. The van der Waals surface area contributed by atoms with Gasteiger partial charge in [0.25, 0.3) is 17.7 Å². The molecular formula is C25H24B3FN4O8. The number of fused-ring (bicyclic) bond motifs is 1. The molecule has 0 aromatic heterocycles. The molecule has 41 heavy (non-hydrogen) atoms. The lowest BCUT2D eigenvalue weighted by atomic mass is 9.51. The summed E-state index contributed by atoms with van der Waals surface area (Å²) >= 11 is 0. The average molecular weight is 560 g/mol. The fourth-order valence-electron chi connectivity index (χ4n) is 5.19. The first-order valence-electron chi connectivity index (χ1n) is 12.5. The second kappa shape index (κ2) is 9.93. The van der Waals surface area contributed by atoms with Crippen LogP contribution in [0.2, 0.25) is 0 Å². The van der Waals surface area contributed by atoms with Gasteiger partial charge in [-0.3, -0.25) is 29.5 Å². The van der Waals surface area contributed by atoms with Crippen LogP contribution >= 0.6 is 0 Å². The molecule has 12 nitrogen and oxygen atoms in total. The Kier molecular flexibility index (Phi) is 7.08. The molecular weight excluding hydrogens is 536 g/mol. The van der Waals surface area contributed by atoms with Crippen LogP contribution in [0, 0.1) is 5.82 Å². The van der Waals surface area contributed by atoms with E-state index in [1.807, 2.05) is 0 Å². The summed E-state index contributed by atoms with van der Waals surface area (Å²) in [7, 11) is 17.2. The number of carbonyl (C=O) groups excluding carboxylic acids is 3. The van der Waals surface area contributed by atoms with Crippen molar-refractivity contribution in [3.8, 4) is 0 Å². The van der Waals surface area contributed by atoms with E-state index in [9.17, 15) is 39.2 Å². The number of halogens is 1. The molecule has 4 atom stereocenters. The molecule has 0 bridgehead atoms. The molecule has 2 fully saturated rings. The van der Waals surface area contributed by atoms with Crippen LogP contribution in [-0.2, 0) is 33.0 Å². The third kappa shape index (κ3) is 4.55. The number of anilines is 1. The van der Waals surface area contributed by atoms with E-state index in [0.29, 0.717) is 43.3 Å². The number of hydrogen-bond acceptors (Lipinski definition) is 10. The number of benzene rings is 2. The van der Waals surface area contributed by atoms with Crippen molar-refractivity contribution in [3.63, 3.8) is 0 Å². The minimum atomic E-state index is -3.55. The second-order valence-corrected chi connectivity index (χ2v) is 10.3. The summed E-state index contributed by atoms with van der Waals surface area (Å²) in [6, 6.07) is 8.22. The highest BCUT2D eigenvalue weighted by Gasteiger charge is 2.70. The van der Waals surface area contributed by atoms with Gasteiger partial charge in [0.2, 0.25) is 5.72 Å². The SMILES string of the molecule is [B]C(O)(Nc1cccc2c1CN(C1(O)C(=O)NC(=O)C([B])(O)C1([B])O)C2=O)c1cc(CN2CCOCC2)ccc1F. The highest BCUT2D eigenvalue weighted by Crippen LogP contribution is 2.42. The number of rotatable bonds is 6. The topological polar surface area (TPSA) is 172 Å². The number of imide groups is 1. The lowest BCUT2D eigenvalue weighted by Gasteiger charge is -2.54. The number of morpholine rings is 1. The molecule has 0 saturated carbocycles. The molecule has 3 aliphatic rings. The molecule has 3 heterocycles. The fraction of sp³-hybridized carbons (Fsp3) is 0.400. The van der Waals surface area contributed by atoms with Gasteiger partial charge in [-0.15, -0.1) is 0 Å². The minimum Gasteiger partial charge on any atom is -0.392 e. The molecule has 5 rings (SSSR count). The Hall–Kier alpha value is -3.27. The van der Waals surface area contributed by atoms with Crippen LogP contribution in [0.5, 0.6) is 0 Å². The molecule has 208 valence electrons. The van der Waals surface area contributed by atoms with Crippen molar-refractivity contribution < 1.29 is 43.9 Å². The van der Waals surface area contributed by atoms with Crippen LogP contribution in [0.4, 0.5) is 10.1 Å². The van der Waals surface area contributed by atoms with Gasteiger partial charge < -0.3 is 30.5 Å². The van der Waals surface area contributed by atoms with Crippen molar-refractivity contribution in [1.29, 1.82) is 0 Å². The van der Waals surface area contributed by atoms with Crippen molar-refractivity contribution in [3.05, 3.63) is 64.5 Å². The van der Waals surface area contributed by atoms with E-state index in [0.717, 1.165) is 0 Å². The van der Waals surface area contributed by atoms with Gasteiger partial charge in [-0.25, -0.2) is 4.39 Å². The van der Waals surface area contributed by atoms with E-state index in [-0.39, 0.29) is 22.4 Å². The molecule has 2 saturated heterocycles. The number of ether oxygens (including phenoxy) is 1. The zero-order chi connectivity index (χ0) is 30.0. The molecule has 6 N–H and O–H groups in total. The number of nitrogens with one attached hydrogen (secondary N) is 2. The van der Waals surface area contributed by atoms with Crippen molar-refractivity contribution >= 4 is 46.9 Å². The van der Waals surface area contributed by atoms with Crippen LogP contribution in [0.3, 0.4) is 0 Å². The minimum absolute atomic E-state index is 0.000739. The average Bonchev–Trinajstić information content (AvgIpc) is 3.26. The Morgan fingerprint density at radius 2 is 1.76 bits per heavy atom. The summed E-state index contributed by atoms with van der Waals surface area (Å²) in [5.74, 6) is -5.08. The van der Waals surface area contributed by atoms with Crippen molar-refractivity contribution in [2.75, 3.05) is 31.6 Å². The first-order valence-corrected chi connectivity index (χ1v) is 12.5. The molecule has 3 aliphatic heterocycles. The molecule has 2 aromatic carbocycles. The zero-order valence-electron chi connectivity index (χ0n) is 21.6. The van der Waals surface area contributed by atoms with Gasteiger partial charge in [-0.2, -0.15) is 0 Å². The molecule has 0 spiro atoms. The summed E-state index contributed by atoms with van der Waals surface area (Å²) in [6.45, 7) is 2.29. The normalized spacial score (nSPS) is 30.1. The van der Waals surface area contributed by atoms with Crippen molar-refractivity contribution in [2.24, 2.45) is 0 Å². The van der Waals surface area contributed by atoms with Crippen LogP contribution in [0.15, 0.2) is 36.4 Å². The number of nitrogens with zero attached hydrogens (tertiary/aromatic N) is 2. The fourth-order valence-corrected chi connectivity index (χ4v) is 5.19. The van der Waals surface area contributed by atoms with Crippen molar-refractivity contribution in [2.45, 2.75) is 35.4 Å². The van der Waals surface area contributed by atoms with E-state index in [2.05, 4.69) is 10.2 Å². The predicted molar refractivity (Wildman–Crippen MR) is 142 cm³/mol. The summed E-state index contributed by atoms with van der Waals surface area (Å²) in [5, 5.41) is 47.6. The maximum atomic E-state index is 14.9. The molecule has 6 radical (unpaired) electrons. The second-order valence-electron chi connectivity index (χ2n) is 10.3. The van der Waals surface area contributed by atoms with Crippen LogP contribution in [-0.4, -0.2) is 115 Å². The Bertz CT molecular complexity index is 1440. The van der Waals surface area contributed by atoms with E-state index in [4.69, 9.17) is 28.3 Å². The summed E-state index contributed by atoms with van der Waals surface area (Å²) in [5.41, 5.74) is -12.6. The maximum absolute atomic E-state index is 14.9. The Morgan fingerprint density at radius 1 is 1.07 bits per heavy atom. The number of hydrogen-bond donors (Lipinski definition) is 6. The molecule has 2 aromatic rings. The van der Waals surface area contributed by atoms with E-state index in [1.165, 1.54) is 30.3 Å². The standard InChI is InChI=1S/C25H24B3FN4O8/c26-22(37)20(35)30-21(36)23(38,25(22,28)40)33-12-15-14(19(33)34)2-1-3-18(15)31-24(27,39)16-10-13(4-5-17(16)29)11-32-6-8-41-9-7-32/h1-5,10,31,37-40H,6-9,11-12H2,(H,30,35,36). The van der Waals surface area contributed by atoms with Gasteiger partial charge in [0.1, 0.15) is 38.1 Å². The van der Waals surface area contributed by atoms with Crippen LogP contribution in [0.1, 0.15) is 27.0 Å². The monoisotopic (exact) mass is 560 g/mol. The molecule has 0 aliphatic carbocycles. The highest BCUT2D eigenvalue weighted by atomic mass is 19.1. The van der Waals surface area contributed by atoms with Gasteiger partial charge >= 0.3 is 0 Å². The Labute approximate surface area is 237 Å². The Morgan fingerprint density at radius 3 is 2.44 bits per heavy atom. The van der Waals surface area contributed by atoms with Gasteiger partial charge in [0, 0.05) is 42.0 Å². The number of aliphatic hydroxyl groups is 4. The molecule has 3 amide bonds. The zero-order valence-corrected chi connectivity index (χ0v) is 21.6. The largest absolute Gasteiger partial charge is 0.392 e. The third-order valence-electron chi connectivity index (χ3n) is 7.64. The van der Waals surface area contributed by atoms with Crippen molar-refractivity contribution in [1.82, 2.24) is 15.1 Å².